The molecular weight excluding hydrogens is 226 g/mol. The first kappa shape index (κ1) is 12.4. The van der Waals surface area contributed by atoms with E-state index in [0.29, 0.717) is 12.2 Å². The minimum absolute atomic E-state index is 0.0950. The van der Waals surface area contributed by atoms with Gasteiger partial charge in [0, 0.05) is 12.2 Å². The molecule has 2 rings (SSSR count). The third-order valence-corrected chi connectivity index (χ3v) is 2.91. The molecule has 18 heavy (non-hydrogen) atoms. The molecule has 0 spiro atoms. The highest BCUT2D eigenvalue weighted by molar-refractivity contribution is 5.40. The van der Waals surface area contributed by atoms with Gasteiger partial charge in [0.2, 0.25) is 0 Å². The van der Waals surface area contributed by atoms with Gasteiger partial charge in [-0.3, -0.25) is 0 Å². The molecule has 0 fully saturated rings. The Kier molecular flexibility index (Phi) is 3.79. The molecule has 0 bridgehead atoms. The molecule has 1 aromatic heterocycles. The molecule has 94 valence electrons. The predicted octanol–water partition coefficient (Wildman–Crippen LogP) is 1.91. The van der Waals surface area contributed by atoms with Gasteiger partial charge in [-0.05, 0) is 35.7 Å². The lowest BCUT2D eigenvalue weighted by atomic mass is 10.00. The fraction of sp³-hybridized carbons (Fsp3) is 0.214. The van der Waals surface area contributed by atoms with Crippen molar-refractivity contribution in [1.29, 1.82) is 0 Å². The van der Waals surface area contributed by atoms with E-state index in [9.17, 15) is 0 Å². The van der Waals surface area contributed by atoms with Crippen molar-refractivity contribution in [2.75, 3.05) is 12.8 Å². The first-order valence-electron chi connectivity index (χ1n) is 5.79. The van der Waals surface area contributed by atoms with Crippen LogP contribution in [0.4, 0.5) is 5.82 Å². The molecule has 4 N–H and O–H groups in total. The maximum absolute atomic E-state index is 6.16. The lowest BCUT2D eigenvalue weighted by Gasteiger charge is -2.13. The number of pyridine rings is 1. The Labute approximate surface area is 107 Å². The van der Waals surface area contributed by atoms with Crippen molar-refractivity contribution < 1.29 is 4.74 Å². The summed E-state index contributed by atoms with van der Waals surface area (Å²) in [7, 11) is 1.64. The highest BCUT2D eigenvalue weighted by atomic mass is 16.5. The van der Waals surface area contributed by atoms with Crippen LogP contribution in [-0.2, 0) is 6.42 Å². The van der Waals surface area contributed by atoms with Crippen LogP contribution in [0.5, 0.6) is 5.75 Å². The molecule has 4 heteroatoms. The molecule has 0 radical (unpaired) electrons. The van der Waals surface area contributed by atoms with Crippen LogP contribution in [0.2, 0.25) is 0 Å². The Bertz CT molecular complexity index is 511. The summed E-state index contributed by atoms with van der Waals surface area (Å²) in [6.07, 6.45) is 2.35. The lowest BCUT2D eigenvalue weighted by Crippen LogP contribution is -2.14. The maximum atomic E-state index is 6.16. The number of benzene rings is 1. The number of nitrogens with two attached hydrogens (primary N) is 2. The Morgan fingerprint density at radius 1 is 1.22 bits per heavy atom. The quantitative estimate of drug-likeness (QED) is 0.860. The summed E-state index contributed by atoms with van der Waals surface area (Å²) in [5, 5.41) is 0. The monoisotopic (exact) mass is 243 g/mol. The molecule has 4 nitrogen and oxygen atoms in total. The van der Waals surface area contributed by atoms with Gasteiger partial charge in [-0.2, -0.15) is 0 Å². The average Bonchev–Trinajstić information content (AvgIpc) is 2.41. The zero-order valence-electron chi connectivity index (χ0n) is 10.3. The second-order valence-corrected chi connectivity index (χ2v) is 4.13. The fourth-order valence-corrected chi connectivity index (χ4v) is 1.83. The Hall–Kier alpha value is -2.07. The number of hydrogen-bond acceptors (Lipinski definition) is 4. The van der Waals surface area contributed by atoms with Crippen molar-refractivity contribution in [1.82, 2.24) is 4.98 Å². The van der Waals surface area contributed by atoms with Gasteiger partial charge in [-0.25, -0.2) is 4.98 Å². The van der Waals surface area contributed by atoms with E-state index in [1.165, 1.54) is 0 Å². The molecular formula is C14H17N3O. The van der Waals surface area contributed by atoms with Gasteiger partial charge in [-0.1, -0.05) is 18.2 Å². The van der Waals surface area contributed by atoms with E-state index in [0.717, 1.165) is 16.9 Å². The molecule has 0 aliphatic heterocycles. The van der Waals surface area contributed by atoms with Gasteiger partial charge < -0.3 is 16.2 Å². The molecule has 0 saturated carbocycles. The van der Waals surface area contributed by atoms with Gasteiger partial charge in [-0.15, -0.1) is 0 Å². The number of hydrogen-bond donors (Lipinski definition) is 2. The van der Waals surface area contributed by atoms with E-state index in [2.05, 4.69) is 4.98 Å². The molecule has 1 aromatic carbocycles. The predicted molar refractivity (Wildman–Crippen MR) is 72.3 cm³/mol. The van der Waals surface area contributed by atoms with Crippen LogP contribution in [0.15, 0.2) is 42.6 Å². The third-order valence-electron chi connectivity index (χ3n) is 2.91. The van der Waals surface area contributed by atoms with Crippen LogP contribution in [0.1, 0.15) is 17.2 Å². The Balaban J connectivity index is 2.11. The number of methoxy groups -OCH3 is 1. The zero-order chi connectivity index (χ0) is 13.0. The summed E-state index contributed by atoms with van der Waals surface area (Å²) in [5.41, 5.74) is 14.0. The van der Waals surface area contributed by atoms with E-state index in [4.69, 9.17) is 16.2 Å². The second-order valence-electron chi connectivity index (χ2n) is 4.13. The van der Waals surface area contributed by atoms with Crippen LogP contribution in [0.3, 0.4) is 0 Å². The van der Waals surface area contributed by atoms with E-state index in [1.54, 1.807) is 13.3 Å². The SMILES string of the molecule is COc1ccc(C(N)Cc2cccnc2N)cc1. The molecule has 1 unspecified atom stereocenters. The number of aromatic nitrogens is 1. The summed E-state index contributed by atoms with van der Waals surface area (Å²) in [4.78, 5) is 4.06. The lowest BCUT2D eigenvalue weighted by molar-refractivity contribution is 0.414. The summed E-state index contributed by atoms with van der Waals surface area (Å²) in [6, 6.07) is 11.5. The van der Waals surface area contributed by atoms with Gasteiger partial charge in [0.1, 0.15) is 11.6 Å². The van der Waals surface area contributed by atoms with Crippen LogP contribution in [0.25, 0.3) is 0 Å². The van der Waals surface area contributed by atoms with E-state index >= 15 is 0 Å². The van der Waals surface area contributed by atoms with Crippen molar-refractivity contribution in [2.45, 2.75) is 12.5 Å². The molecule has 2 aromatic rings. The molecule has 0 amide bonds. The van der Waals surface area contributed by atoms with Crippen molar-refractivity contribution in [3.05, 3.63) is 53.7 Å². The van der Waals surface area contributed by atoms with Gasteiger partial charge in [0.05, 0.1) is 7.11 Å². The number of nitrogens with zero attached hydrogens (tertiary/aromatic N) is 1. The van der Waals surface area contributed by atoms with Crippen LogP contribution in [-0.4, -0.2) is 12.1 Å². The van der Waals surface area contributed by atoms with Crippen molar-refractivity contribution in [3.63, 3.8) is 0 Å². The summed E-state index contributed by atoms with van der Waals surface area (Å²) < 4.78 is 5.12. The molecule has 1 atom stereocenters. The van der Waals surface area contributed by atoms with Crippen LogP contribution in [0, 0.1) is 0 Å². The van der Waals surface area contributed by atoms with E-state index < -0.39 is 0 Å². The largest absolute Gasteiger partial charge is 0.497 e. The Morgan fingerprint density at radius 3 is 2.56 bits per heavy atom. The normalized spacial score (nSPS) is 12.1. The highest BCUT2D eigenvalue weighted by Crippen LogP contribution is 2.20. The fourth-order valence-electron chi connectivity index (χ4n) is 1.83. The van der Waals surface area contributed by atoms with Crippen molar-refractivity contribution >= 4 is 5.82 Å². The highest BCUT2D eigenvalue weighted by Gasteiger charge is 2.09. The number of anilines is 1. The van der Waals surface area contributed by atoms with Crippen molar-refractivity contribution in [3.8, 4) is 5.75 Å². The van der Waals surface area contributed by atoms with E-state index in [1.807, 2.05) is 36.4 Å². The molecule has 1 heterocycles. The zero-order valence-corrected chi connectivity index (χ0v) is 10.3. The topological polar surface area (TPSA) is 74.2 Å². The van der Waals surface area contributed by atoms with E-state index in [-0.39, 0.29) is 6.04 Å². The maximum Gasteiger partial charge on any atom is 0.126 e. The summed E-state index contributed by atoms with van der Waals surface area (Å²) >= 11 is 0. The van der Waals surface area contributed by atoms with Gasteiger partial charge >= 0.3 is 0 Å². The average molecular weight is 243 g/mol. The Morgan fingerprint density at radius 2 is 1.94 bits per heavy atom. The minimum Gasteiger partial charge on any atom is -0.497 e. The van der Waals surface area contributed by atoms with Crippen LogP contribution >= 0.6 is 0 Å². The minimum atomic E-state index is -0.0950. The summed E-state index contributed by atoms with van der Waals surface area (Å²) in [5.74, 6) is 1.37. The van der Waals surface area contributed by atoms with Crippen molar-refractivity contribution in [2.24, 2.45) is 5.73 Å². The van der Waals surface area contributed by atoms with Gasteiger partial charge in [0.15, 0.2) is 0 Å². The first-order valence-corrected chi connectivity index (χ1v) is 5.79. The third kappa shape index (κ3) is 2.78. The van der Waals surface area contributed by atoms with Crippen LogP contribution < -0.4 is 16.2 Å². The molecule has 0 aliphatic carbocycles. The number of nitrogen functional groups attached to an aromatic ring is 1. The summed E-state index contributed by atoms with van der Waals surface area (Å²) in [6.45, 7) is 0. The first-order chi connectivity index (χ1) is 8.70. The number of ether oxygens (including phenoxy) is 1. The number of rotatable bonds is 4. The molecule has 0 saturated heterocycles. The smallest absolute Gasteiger partial charge is 0.126 e. The standard InChI is InChI=1S/C14H17N3O/c1-18-12-6-4-10(5-7-12)13(15)9-11-3-2-8-17-14(11)16/h2-8,13H,9,15H2,1H3,(H2,16,17). The molecule has 0 aliphatic rings. The second kappa shape index (κ2) is 5.51. The van der Waals surface area contributed by atoms with Gasteiger partial charge in [0.25, 0.3) is 0 Å².